The Morgan fingerprint density at radius 1 is 1.45 bits per heavy atom. The van der Waals surface area contributed by atoms with E-state index in [0.29, 0.717) is 13.0 Å². The lowest BCUT2D eigenvalue weighted by molar-refractivity contribution is -0.143. The molecule has 20 heavy (non-hydrogen) atoms. The van der Waals surface area contributed by atoms with Gasteiger partial charge in [0.25, 0.3) is 5.91 Å². The minimum atomic E-state index is -0.435. The molecule has 5 heteroatoms. The lowest BCUT2D eigenvalue weighted by Crippen LogP contribution is -2.42. The zero-order chi connectivity index (χ0) is 14.1. The van der Waals surface area contributed by atoms with Gasteiger partial charge in [-0.2, -0.15) is 0 Å². The molecule has 1 aromatic carbocycles. The number of ether oxygens (including phenoxy) is 1. The Balaban J connectivity index is 1.71. The maximum atomic E-state index is 12.4. The largest absolute Gasteiger partial charge is 0.497 e. The summed E-state index contributed by atoms with van der Waals surface area (Å²) in [6.45, 7) is 3.24. The van der Waals surface area contributed by atoms with Gasteiger partial charge in [-0.15, -0.1) is 0 Å². The van der Waals surface area contributed by atoms with Crippen LogP contribution in [-0.4, -0.2) is 36.3 Å². The third kappa shape index (κ3) is 2.35. The van der Waals surface area contributed by atoms with Crippen molar-refractivity contribution in [3.63, 3.8) is 0 Å². The number of hydrogen-bond donors (Lipinski definition) is 0. The molecule has 0 aliphatic carbocycles. The molecule has 1 aromatic rings. The molecule has 1 amide bonds. The maximum Gasteiger partial charge on any atom is 0.267 e. The van der Waals surface area contributed by atoms with Crippen molar-refractivity contribution in [1.29, 1.82) is 0 Å². The molecular weight excluding hydrogens is 256 g/mol. The third-order valence-corrected chi connectivity index (χ3v) is 3.83. The monoisotopic (exact) mass is 274 g/mol. The summed E-state index contributed by atoms with van der Waals surface area (Å²) in [6.07, 6.45) is 1.02. The fourth-order valence-corrected chi connectivity index (χ4v) is 2.68. The van der Waals surface area contributed by atoms with Crippen LogP contribution in [0.4, 0.5) is 0 Å². The van der Waals surface area contributed by atoms with Crippen LogP contribution in [0.5, 0.6) is 5.75 Å². The molecule has 0 bridgehead atoms. The molecule has 1 atom stereocenters. The fourth-order valence-electron chi connectivity index (χ4n) is 2.68. The second-order valence-corrected chi connectivity index (χ2v) is 5.27. The van der Waals surface area contributed by atoms with Crippen molar-refractivity contribution in [2.24, 2.45) is 5.16 Å². The first-order valence-electron chi connectivity index (χ1n) is 6.81. The van der Waals surface area contributed by atoms with Gasteiger partial charge in [-0.05, 0) is 36.6 Å². The second-order valence-electron chi connectivity index (χ2n) is 5.27. The van der Waals surface area contributed by atoms with Crippen LogP contribution < -0.4 is 4.74 Å². The van der Waals surface area contributed by atoms with Crippen LogP contribution in [-0.2, 0) is 22.6 Å². The van der Waals surface area contributed by atoms with E-state index < -0.39 is 6.10 Å². The van der Waals surface area contributed by atoms with Crippen molar-refractivity contribution in [3.8, 4) is 5.75 Å². The Bertz CT molecular complexity index is 568. The highest BCUT2D eigenvalue weighted by Gasteiger charge is 2.32. The summed E-state index contributed by atoms with van der Waals surface area (Å²) < 4.78 is 5.23. The summed E-state index contributed by atoms with van der Waals surface area (Å²) in [5.74, 6) is 0.902. The predicted octanol–water partition coefficient (Wildman–Crippen LogP) is 1.74. The second kappa shape index (κ2) is 5.15. The van der Waals surface area contributed by atoms with E-state index in [4.69, 9.17) is 9.57 Å². The van der Waals surface area contributed by atoms with Crippen molar-refractivity contribution < 1.29 is 14.4 Å². The molecule has 2 aliphatic heterocycles. The number of benzene rings is 1. The van der Waals surface area contributed by atoms with Gasteiger partial charge in [0.1, 0.15) is 5.75 Å². The first-order valence-corrected chi connectivity index (χ1v) is 6.81. The van der Waals surface area contributed by atoms with Crippen molar-refractivity contribution in [1.82, 2.24) is 4.90 Å². The van der Waals surface area contributed by atoms with Gasteiger partial charge >= 0.3 is 0 Å². The van der Waals surface area contributed by atoms with Crippen LogP contribution in [0.2, 0.25) is 0 Å². The van der Waals surface area contributed by atoms with E-state index in [9.17, 15) is 4.79 Å². The van der Waals surface area contributed by atoms with Crippen LogP contribution in [0.1, 0.15) is 24.5 Å². The number of hydrogen-bond acceptors (Lipinski definition) is 4. The van der Waals surface area contributed by atoms with Gasteiger partial charge in [0.05, 0.1) is 12.8 Å². The van der Waals surface area contributed by atoms with E-state index in [0.717, 1.165) is 24.4 Å². The van der Waals surface area contributed by atoms with Crippen molar-refractivity contribution in [2.75, 3.05) is 13.7 Å². The summed E-state index contributed by atoms with van der Waals surface area (Å²) >= 11 is 0. The summed E-state index contributed by atoms with van der Waals surface area (Å²) in [4.78, 5) is 19.4. The van der Waals surface area contributed by atoms with E-state index >= 15 is 0 Å². The summed E-state index contributed by atoms with van der Waals surface area (Å²) in [7, 11) is 1.67. The molecule has 0 N–H and O–H groups in total. The molecule has 2 heterocycles. The van der Waals surface area contributed by atoms with Crippen molar-refractivity contribution in [2.45, 2.75) is 32.4 Å². The van der Waals surface area contributed by atoms with E-state index in [1.54, 1.807) is 7.11 Å². The van der Waals surface area contributed by atoms with Crippen LogP contribution in [0.25, 0.3) is 0 Å². The van der Waals surface area contributed by atoms with Crippen molar-refractivity contribution >= 4 is 11.6 Å². The normalized spacial score (nSPS) is 21.0. The quantitative estimate of drug-likeness (QED) is 0.825. The summed E-state index contributed by atoms with van der Waals surface area (Å²) in [6, 6.07) is 6.02. The predicted molar refractivity (Wildman–Crippen MR) is 74.7 cm³/mol. The number of fused-ring (bicyclic) bond motifs is 1. The summed E-state index contributed by atoms with van der Waals surface area (Å²) in [5.41, 5.74) is 3.32. The molecule has 0 spiro atoms. The van der Waals surface area contributed by atoms with Gasteiger partial charge in [0, 0.05) is 19.5 Å². The topological polar surface area (TPSA) is 51.1 Å². The Labute approximate surface area is 118 Å². The molecular formula is C15H18N2O3. The van der Waals surface area contributed by atoms with Gasteiger partial charge in [0.15, 0.2) is 0 Å². The Morgan fingerprint density at radius 3 is 3.00 bits per heavy atom. The van der Waals surface area contributed by atoms with Gasteiger partial charge in [-0.3, -0.25) is 4.79 Å². The van der Waals surface area contributed by atoms with Crippen LogP contribution >= 0.6 is 0 Å². The lowest BCUT2D eigenvalue weighted by atomic mass is 9.98. The fraction of sp³-hybridized carbons (Fsp3) is 0.467. The Kier molecular flexibility index (Phi) is 3.34. The minimum absolute atomic E-state index is 0.0343. The van der Waals surface area contributed by atoms with Gasteiger partial charge in [0.2, 0.25) is 6.10 Å². The molecule has 2 aliphatic rings. The number of carbonyl (C=O) groups excluding carboxylic acids is 1. The first kappa shape index (κ1) is 13.0. The number of oxime groups is 1. The van der Waals surface area contributed by atoms with Gasteiger partial charge < -0.3 is 14.5 Å². The van der Waals surface area contributed by atoms with E-state index in [1.165, 1.54) is 11.1 Å². The molecule has 3 rings (SSSR count). The molecule has 5 nitrogen and oxygen atoms in total. The zero-order valence-electron chi connectivity index (χ0n) is 11.8. The molecule has 0 saturated carbocycles. The number of amides is 1. The maximum absolute atomic E-state index is 12.4. The Hall–Kier alpha value is -2.04. The minimum Gasteiger partial charge on any atom is -0.497 e. The number of carbonyl (C=O) groups is 1. The summed E-state index contributed by atoms with van der Waals surface area (Å²) in [5, 5.41) is 3.85. The first-order chi connectivity index (χ1) is 9.67. The highest BCUT2D eigenvalue weighted by Crippen LogP contribution is 2.25. The third-order valence-electron chi connectivity index (χ3n) is 3.83. The van der Waals surface area contributed by atoms with Gasteiger partial charge in [-0.1, -0.05) is 11.2 Å². The van der Waals surface area contributed by atoms with Gasteiger partial charge in [-0.25, -0.2) is 0 Å². The lowest BCUT2D eigenvalue weighted by Gasteiger charge is -2.30. The smallest absolute Gasteiger partial charge is 0.267 e. The van der Waals surface area contributed by atoms with Crippen LogP contribution in [0, 0.1) is 0 Å². The van der Waals surface area contributed by atoms with E-state index in [-0.39, 0.29) is 5.91 Å². The molecule has 0 saturated heterocycles. The SMILES string of the molecule is COc1ccc2c(c1)CCN(C(=O)[C@@H]1CC(C)=NO1)C2. The number of nitrogens with zero attached hydrogens (tertiary/aromatic N) is 2. The number of methoxy groups -OCH3 is 1. The molecule has 0 aromatic heterocycles. The highest BCUT2D eigenvalue weighted by molar-refractivity contribution is 5.91. The van der Waals surface area contributed by atoms with Crippen LogP contribution in [0.3, 0.4) is 0 Å². The number of rotatable bonds is 2. The van der Waals surface area contributed by atoms with Crippen LogP contribution in [0.15, 0.2) is 23.4 Å². The van der Waals surface area contributed by atoms with Crippen molar-refractivity contribution in [3.05, 3.63) is 29.3 Å². The Morgan fingerprint density at radius 2 is 2.30 bits per heavy atom. The van der Waals surface area contributed by atoms with E-state index in [2.05, 4.69) is 11.2 Å². The molecule has 106 valence electrons. The molecule has 0 unspecified atom stereocenters. The standard InChI is InChI=1S/C15H18N2O3/c1-10-7-14(20-16-10)15(18)17-6-5-11-8-13(19-2)4-3-12(11)9-17/h3-4,8,14H,5-7,9H2,1-2H3/t14-/m0/s1. The zero-order valence-corrected chi connectivity index (χ0v) is 11.8. The van der Waals surface area contributed by atoms with E-state index in [1.807, 2.05) is 24.0 Å². The highest BCUT2D eigenvalue weighted by atomic mass is 16.6. The average Bonchev–Trinajstić information content (AvgIpc) is 2.92. The molecule has 0 radical (unpaired) electrons. The average molecular weight is 274 g/mol. The molecule has 0 fully saturated rings.